The summed E-state index contributed by atoms with van der Waals surface area (Å²) in [6.07, 6.45) is 1.36. The summed E-state index contributed by atoms with van der Waals surface area (Å²) in [5.74, 6) is -1.23. The van der Waals surface area contributed by atoms with Crippen molar-refractivity contribution in [3.63, 3.8) is 0 Å². The zero-order chi connectivity index (χ0) is 25.9. The monoisotopic (exact) mass is 488 g/mol. The second-order valence-corrected chi connectivity index (χ2v) is 7.93. The molecule has 0 radical (unpaired) electrons. The van der Waals surface area contributed by atoms with Gasteiger partial charge >= 0.3 is 11.8 Å². The van der Waals surface area contributed by atoms with Gasteiger partial charge in [0.1, 0.15) is 0 Å². The molecule has 0 spiro atoms. The Morgan fingerprint density at radius 3 is 2.39 bits per heavy atom. The first kappa shape index (κ1) is 26.0. The maximum Gasteiger partial charge on any atom is 0.329 e. The van der Waals surface area contributed by atoms with Gasteiger partial charge in [-0.3, -0.25) is 14.4 Å². The Bertz CT molecular complexity index is 1260. The van der Waals surface area contributed by atoms with E-state index < -0.39 is 11.8 Å². The summed E-state index contributed by atoms with van der Waals surface area (Å²) in [6.45, 7) is 3.90. The lowest BCUT2D eigenvalue weighted by atomic mass is 10.1. The smallest absolute Gasteiger partial charge is 0.329 e. The predicted molar refractivity (Wildman–Crippen MR) is 137 cm³/mol. The number of hydrazone groups is 1. The van der Waals surface area contributed by atoms with Crippen LogP contribution in [0.15, 0.2) is 71.8 Å². The number of ether oxygens (including phenoxy) is 2. The Balaban J connectivity index is 1.49. The number of nitrogens with one attached hydrogen (secondary N) is 3. The van der Waals surface area contributed by atoms with E-state index in [9.17, 15) is 14.4 Å². The molecule has 3 N–H and O–H groups in total. The van der Waals surface area contributed by atoms with Crippen LogP contribution in [0, 0.1) is 13.8 Å². The van der Waals surface area contributed by atoms with E-state index >= 15 is 0 Å². The summed E-state index contributed by atoms with van der Waals surface area (Å²) >= 11 is 0. The van der Waals surface area contributed by atoms with Crippen molar-refractivity contribution >= 4 is 29.6 Å². The quantitative estimate of drug-likeness (QED) is 0.243. The van der Waals surface area contributed by atoms with Gasteiger partial charge in [0.25, 0.3) is 5.91 Å². The Labute approximate surface area is 209 Å². The van der Waals surface area contributed by atoms with Gasteiger partial charge in [-0.2, -0.15) is 5.10 Å². The minimum Gasteiger partial charge on any atom is -0.493 e. The van der Waals surface area contributed by atoms with Crippen LogP contribution in [0.1, 0.15) is 22.3 Å². The van der Waals surface area contributed by atoms with Crippen LogP contribution < -0.4 is 25.5 Å². The van der Waals surface area contributed by atoms with E-state index in [1.807, 2.05) is 62.4 Å². The van der Waals surface area contributed by atoms with Gasteiger partial charge in [0.05, 0.1) is 13.3 Å². The highest BCUT2D eigenvalue weighted by atomic mass is 16.5. The lowest BCUT2D eigenvalue weighted by Gasteiger charge is -2.12. The molecule has 9 heteroatoms. The van der Waals surface area contributed by atoms with Gasteiger partial charge in [-0.05, 0) is 54.8 Å². The number of aryl methyl sites for hydroxylation is 2. The number of carbonyl (C=O) groups is 3. The number of nitrogens with zero attached hydrogens (tertiary/aromatic N) is 1. The van der Waals surface area contributed by atoms with Crippen LogP contribution in [-0.4, -0.2) is 37.7 Å². The van der Waals surface area contributed by atoms with E-state index in [4.69, 9.17) is 9.47 Å². The van der Waals surface area contributed by atoms with Gasteiger partial charge in [0.15, 0.2) is 18.1 Å². The number of benzene rings is 3. The van der Waals surface area contributed by atoms with Crippen molar-refractivity contribution in [3.8, 4) is 11.5 Å². The van der Waals surface area contributed by atoms with E-state index in [-0.39, 0.29) is 19.1 Å². The fourth-order valence-corrected chi connectivity index (χ4v) is 3.11. The fourth-order valence-electron chi connectivity index (χ4n) is 3.11. The van der Waals surface area contributed by atoms with Gasteiger partial charge in [-0.1, -0.05) is 48.0 Å². The van der Waals surface area contributed by atoms with Gasteiger partial charge in [0.2, 0.25) is 0 Å². The molecule has 0 saturated heterocycles. The Morgan fingerprint density at radius 1 is 0.917 bits per heavy atom. The number of para-hydroxylation sites is 1. The van der Waals surface area contributed by atoms with E-state index in [1.165, 1.54) is 13.3 Å². The summed E-state index contributed by atoms with van der Waals surface area (Å²) in [5, 5.41) is 9.16. The van der Waals surface area contributed by atoms with E-state index in [1.54, 1.807) is 18.2 Å². The SMILES string of the molecule is COc1cc(/C=N\NC(=O)C(=O)NCc2ccc(C)cc2)ccc1OCC(=O)Nc1ccccc1C. The van der Waals surface area contributed by atoms with Gasteiger partial charge in [0, 0.05) is 12.2 Å². The number of hydrogen-bond donors (Lipinski definition) is 3. The molecule has 186 valence electrons. The number of hydrogen-bond acceptors (Lipinski definition) is 6. The molecule has 3 amide bonds. The molecule has 0 saturated carbocycles. The molecule has 0 aliphatic heterocycles. The van der Waals surface area contributed by atoms with Crippen LogP contribution in [0.5, 0.6) is 11.5 Å². The number of anilines is 1. The van der Waals surface area contributed by atoms with Crippen LogP contribution >= 0.6 is 0 Å². The highest BCUT2D eigenvalue weighted by Crippen LogP contribution is 2.27. The topological polar surface area (TPSA) is 118 Å². The van der Waals surface area contributed by atoms with Crippen molar-refractivity contribution < 1.29 is 23.9 Å². The average molecular weight is 489 g/mol. The van der Waals surface area contributed by atoms with Crippen molar-refractivity contribution in [2.45, 2.75) is 20.4 Å². The highest BCUT2D eigenvalue weighted by Gasteiger charge is 2.12. The molecule has 36 heavy (non-hydrogen) atoms. The molecule has 3 aromatic rings. The summed E-state index contributed by atoms with van der Waals surface area (Å²) < 4.78 is 10.9. The van der Waals surface area contributed by atoms with Crippen molar-refractivity contribution in [3.05, 3.63) is 89.0 Å². The molecule has 0 aliphatic rings. The molecule has 0 fully saturated rings. The first-order valence-electron chi connectivity index (χ1n) is 11.2. The van der Waals surface area contributed by atoms with Gasteiger partial charge in [-0.25, -0.2) is 5.43 Å². The zero-order valence-corrected chi connectivity index (χ0v) is 20.3. The predicted octanol–water partition coefficient (Wildman–Crippen LogP) is 3.10. The Morgan fingerprint density at radius 2 is 1.67 bits per heavy atom. The number of amides is 3. The third-order valence-corrected chi connectivity index (χ3v) is 5.13. The van der Waals surface area contributed by atoms with Crippen molar-refractivity contribution in [1.29, 1.82) is 0 Å². The minimum atomic E-state index is -0.884. The van der Waals surface area contributed by atoms with E-state index in [0.717, 1.165) is 22.4 Å². The van der Waals surface area contributed by atoms with E-state index in [0.29, 0.717) is 17.1 Å². The molecule has 0 heterocycles. The number of carbonyl (C=O) groups excluding carboxylic acids is 3. The van der Waals surface area contributed by atoms with Crippen LogP contribution in [0.3, 0.4) is 0 Å². The molecule has 9 nitrogen and oxygen atoms in total. The standard InChI is InChI=1S/C27H28N4O5/c1-18-8-10-20(11-9-18)15-28-26(33)27(34)31-29-16-21-12-13-23(24(14-21)35-3)36-17-25(32)30-22-7-5-4-6-19(22)2/h4-14,16H,15,17H2,1-3H3,(H,28,33)(H,30,32)(H,31,34)/b29-16-. The molecule has 0 atom stereocenters. The average Bonchev–Trinajstić information content (AvgIpc) is 2.88. The second-order valence-electron chi connectivity index (χ2n) is 7.93. The van der Waals surface area contributed by atoms with Crippen molar-refractivity contribution in [2.75, 3.05) is 19.0 Å². The van der Waals surface area contributed by atoms with Crippen LogP contribution in [0.4, 0.5) is 5.69 Å². The Hall–Kier alpha value is -4.66. The minimum absolute atomic E-state index is 0.202. The molecular weight excluding hydrogens is 460 g/mol. The molecule has 0 unspecified atom stereocenters. The molecule has 3 aromatic carbocycles. The lowest BCUT2D eigenvalue weighted by Crippen LogP contribution is -2.37. The van der Waals surface area contributed by atoms with Crippen LogP contribution in [0.2, 0.25) is 0 Å². The maximum absolute atomic E-state index is 12.2. The molecule has 3 rings (SSSR count). The third kappa shape index (κ3) is 7.69. The van der Waals surface area contributed by atoms with Crippen LogP contribution in [0.25, 0.3) is 0 Å². The lowest BCUT2D eigenvalue weighted by molar-refractivity contribution is -0.139. The first-order chi connectivity index (χ1) is 17.4. The molecule has 0 aromatic heterocycles. The number of rotatable bonds is 9. The van der Waals surface area contributed by atoms with Gasteiger partial charge in [-0.15, -0.1) is 0 Å². The normalized spacial score (nSPS) is 10.5. The highest BCUT2D eigenvalue weighted by molar-refractivity contribution is 6.35. The molecular formula is C27H28N4O5. The zero-order valence-electron chi connectivity index (χ0n) is 20.3. The van der Waals surface area contributed by atoms with Gasteiger partial charge < -0.3 is 20.1 Å². The third-order valence-electron chi connectivity index (χ3n) is 5.13. The Kier molecular flexibility index (Phi) is 9.16. The number of methoxy groups -OCH3 is 1. The summed E-state index contributed by atoms with van der Waals surface area (Å²) in [7, 11) is 1.47. The first-order valence-corrected chi connectivity index (χ1v) is 11.2. The van der Waals surface area contributed by atoms with Crippen molar-refractivity contribution in [2.24, 2.45) is 5.10 Å². The summed E-state index contributed by atoms with van der Waals surface area (Å²) in [5.41, 5.74) is 6.43. The van der Waals surface area contributed by atoms with Crippen LogP contribution in [-0.2, 0) is 20.9 Å². The van der Waals surface area contributed by atoms with E-state index in [2.05, 4.69) is 21.2 Å². The summed E-state index contributed by atoms with van der Waals surface area (Å²) in [4.78, 5) is 36.2. The largest absolute Gasteiger partial charge is 0.493 e. The second kappa shape index (κ2) is 12.7. The summed E-state index contributed by atoms with van der Waals surface area (Å²) in [6, 6.07) is 20.0. The van der Waals surface area contributed by atoms with Crippen molar-refractivity contribution in [1.82, 2.24) is 10.7 Å². The molecule has 0 aliphatic carbocycles. The molecule has 0 bridgehead atoms. The fraction of sp³-hybridized carbons (Fsp3) is 0.185. The maximum atomic E-state index is 12.2.